The van der Waals surface area contributed by atoms with Crippen LogP contribution in [0.25, 0.3) is 0 Å². The number of nitrogens with one attached hydrogen (secondary N) is 1. The minimum Gasteiger partial charge on any atom is -0.481 e. The van der Waals surface area contributed by atoms with Crippen molar-refractivity contribution in [3.63, 3.8) is 0 Å². The number of carboxylic acid groups (broad SMARTS) is 1. The lowest BCUT2D eigenvalue weighted by molar-refractivity contribution is -0.153. The number of aliphatic carboxylic acids is 1. The number of ether oxygens (including phenoxy) is 1. The number of carbonyl (C=O) groups is 2. The van der Waals surface area contributed by atoms with Crippen LogP contribution in [-0.4, -0.2) is 29.6 Å². The highest BCUT2D eigenvalue weighted by atomic mass is 16.5. The average molecular weight is 289 g/mol. The molecule has 0 bridgehead atoms. The molecule has 1 amide bonds. The third-order valence-electron chi connectivity index (χ3n) is 4.48. The Morgan fingerprint density at radius 1 is 1.10 bits per heavy atom. The Hall–Kier alpha value is -1.88. The molecule has 1 aromatic carbocycles. The van der Waals surface area contributed by atoms with Crippen molar-refractivity contribution in [1.82, 2.24) is 5.32 Å². The van der Waals surface area contributed by atoms with Crippen LogP contribution < -0.4 is 5.32 Å². The van der Waals surface area contributed by atoms with Gasteiger partial charge in [-0.05, 0) is 24.8 Å². The molecular weight excluding hydrogens is 270 g/mol. The normalized spacial score (nSPS) is 31.4. The molecule has 0 radical (unpaired) electrons. The summed E-state index contributed by atoms with van der Waals surface area (Å²) in [6.45, 7) is 0.609. The summed E-state index contributed by atoms with van der Waals surface area (Å²) < 4.78 is 5.73. The Bertz CT molecular complexity index is 530. The summed E-state index contributed by atoms with van der Waals surface area (Å²) in [6, 6.07) is 9.73. The van der Waals surface area contributed by atoms with E-state index in [9.17, 15) is 9.59 Å². The number of rotatable bonds is 4. The van der Waals surface area contributed by atoms with Gasteiger partial charge in [0.2, 0.25) is 5.91 Å². The number of carbonyl (C=O) groups excluding carboxylic acids is 1. The lowest BCUT2D eigenvalue weighted by atomic mass is 9.73. The fourth-order valence-electron chi connectivity index (χ4n) is 3.11. The summed E-state index contributed by atoms with van der Waals surface area (Å²) >= 11 is 0. The summed E-state index contributed by atoms with van der Waals surface area (Å²) in [7, 11) is 0. The van der Waals surface area contributed by atoms with Crippen molar-refractivity contribution in [2.45, 2.75) is 31.4 Å². The van der Waals surface area contributed by atoms with E-state index >= 15 is 0 Å². The van der Waals surface area contributed by atoms with Crippen LogP contribution in [0.2, 0.25) is 0 Å². The van der Waals surface area contributed by atoms with Crippen LogP contribution >= 0.6 is 0 Å². The van der Waals surface area contributed by atoms with E-state index in [1.165, 1.54) is 0 Å². The second-order valence-electron chi connectivity index (χ2n) is 5.73. The summed E-state index contributed by atoms with van der Waals surface area (Å²) in [5, 5.41) is 12.0. The molecule has 5 nitrogen and oxygen atoms in total. The van der Waals surface area contributed by atoms with Crippen LogP contribution in [0.3, 0.4) is 0 Å². The summed E-state index contributed by atoms with van der Waals surface area (Å²) in [4.78, 5) is 23.3. The van der Waals surface area contributed by atoms with Gasteiger partial charge in [0.15, 0.2) is 0 Å². The molecule has 2 aliphatic rings. The van der Waals surface area contributed by atoms with Gasteiger partial charge >= 0.3 is 5.97 Å². The standard InChI is InChI=1S/C16H19NO4/c18-15(11-6-7-12(11)16(19)20)17-13-8-9-21-14(13)10-4-2-1-3-5-10/h1-5,11-14H,6-9H2,(H,17,18)(H,19,20). The van der Waals surface area contributed by atoms with Crippen molar-refractivity contribution in [2.24, 2.45) is 11.8 Å². The van der Waals surface area contributed by atoms with Gasteiger partial charge in [-0.2, -0.15) is 0 Å². The van der Waals surface area contributed by atoms with Gasteiger partial charge in [-0.15, -0.1) is 0 Å². The van der Waals surface area contributed by atoms with E-state index < -0.39 is 11.9 Å². The van der Waals surface area contributed by atoms with Crippen LogP contribution in [0.5, 0.6) is 0 Å². The van der Waals surface area contributed by atoms with Gasteiger partial charge in [-0.1, -0.05) is 30.3 Å². The quantitative estimate of drug-likeness (QED) is 0.885. The minimum atomic E-state index is -0.872. The summed E-state index contributed by atoms with van der Waals surface area (Å²) in [5.74, 6) is -1.93. The number of amides is 1. The first-order valence-electron chi connectivity index (χ1n) is 7.36. The van der Waals surface area contributed by atoms with E-state index in [1.807, 2.05) is 30.3 Å². The molecule has 2 fully saturated rings. The van der Waals surface area contributed by atoms with Crippen molar-refractivity contribution in [1.29, 1.82) is 0 Å². The number of carboxylic acids is 1. The first kappa shape index (κ1) is 14.1. The molecule has 1 aliphatic heterocycles. The molecule has 112 valence electrons. The van der Waals surface area contributed by atoms with E-state index in [0.717, 1.165) is 12.0 Å². The van der Waals surface area contributed by atoms with Gasteiger partial charge in [0.05, 0.1) is 17.9 Å². The van der Waals surface area contributed by atoms with Gasteiger partial charge in [-0.25, -0.2) is 0 Å². The molecule has 2 N–H and O–H groups in total. The largest absolute Gasteiger partial charge is 0.481 e. The highest BCUT2D eigenvalue weighted by Gasteiger charge is 2.43. The van der Waals surface area contributed by atoms with E-state index in [4.69, 9.17) is 9.84 Å². The Kier molecular flexibility index (Phi) is 3.92. The second kappa shape index (κ2) is 5.85. The van der Waals surface area contributed by atoms with Crippen LogP contribution in [0.15, 0.2) is 30.3 Å². The zero-order valence-electron chi connectivity index (χ0n) is 11.7. The van der Waals surface area contributed by atoms with Crippen molar-refractivity contribution < 1.29 is 19.4 Å². The lowest BCUT2D eigenvalue weighted by Gasteiger charge is -2.33. The maximum Gasteiger partial charge on any atom is 0.307 e. The number of benzene rings is 1. The molecule has 1 heterocycles. The maximum atomic E-state index is 12.2. The zero-order valence-corrected chi connectivity index (χ0v) is 11.7. The molecule has 1 saturated heterocycles. The molecular formula is C16H19NO4. The SMILES string of the molecule is O=C(O)C1CCC1C(=O)NC1CCOC1c1ccccc1. The van der Waals surface area contributed by atoms with E-state index in [2.05, 4.69) is 5.32 Å². The van der Waals surface area contributed by atoms with Gasteiger partial charge in [0, 0.05) is 6.61 Å². The van der Waals surface area contributed by atoms with Crippen LogP contribution in [0.4, 0.5) is 0 Å². The van der Waals surface area contributed by atoms with Gasteiger partial charge in [0.1, 0.15) is 6.10 Å². The maximum absolute atomic E-state index is 12.2. The summed E-state index contributed by atoms with van der Waals surface area (Å²) in [6.07, 6.45) is 1.87. The van der Waals surface area contributed by atoms with Crippen molar-refractivity contribution in [3.8, 4) is 0 Å². The monoisotopic (exact) mass is 289 g/mol. The van der Waals surface area contributed by atoms with Crippen molar-refractivity contribution in [2.75, 3.05) is 6.61 Å². The third-order valence-corrected chi connectivity index (χ3v) is 4.48. The average Bonchev–Trinajstić information content (AvgIpc) is 2.85. The minimum absolute atomic E-state index is 0.0741. The lowest BCUT2D eigenvalue weighted by Crippen LogP contribution is -2.47. The molecule has 0 spiro atoms. The molecule has 3 rings (SSSR count). The smallest absolute Gasteiger partial charge is 0.307 e. The zero-order chi connectivity index (χ0) is 14.8. The van der Waals surface area contributed by atoms with Crippen molar-refractivity contribution >= 4 is 11.9 Å². The molecule has 1 aromatic rings. The Labute approximate surface area is 123 Å². The van der Waals surface area contributed by atoms with E-state index in [1.54, 1.807) is 0 Å². The Morgan fingerprint density at radius 2 is 1.81 bits per heavy atom. The molecule has 21 heavy (non-hydrogen) atoms. The number of hydrogen-bond acceptors (Lipinski definition) is 3. The first-order chi connectivity index (χ1) is 10.2. The van der Waals surface area contributed by atoms with Gasteiger partial charge < -0.3 is 15.2 Å². The summed E-state index contributed by atoms with van der Waals surface area (Å²) in [5.41, 5.74) is 1.05. The molecule has 1 aliphatic carbocycles. The molecule has 5 heteroatoms. The van der Waals surface area contributed by atoms with E-state index in [0.29, 0.717) is 19.4 Å². The fourth-order valence-corrected chi connectivity index (χ4v) is 3.11. The fraction of sp³-hybridized carbons (Fsp3) is 0.500. The highest BCUT2D eigenvalue weighted by molar-refractivity contribution is 5.86. The predicted molar refractivity (Wildman–Crippen MR) is 75.5 cm³/mol. The second-order valence-corrected chi connectivity index (χ2v) is 5.73. The van der Waals surface area contributed by atoms with Crippen LogP contribution in [-0.2, 0) is 14.3 Å². The Morgan fingerprint density at radius 3 is 2.43 bits per heavy atom. The predicted octanol–water partition coefficient (Wildman–Crippen LogP) is 1.74. The first-order valence-corrected chi connectivity index (χ1v) is 7.36. The van der Waals surface area contributed by atoms with Crippen LogP contribution in [0, 0.1) is 11.8 Å². The van der Waals surface area contributed by atoms with E-state index in [-0.39, 0.29) is 24.0 Å². The Balaban J connectivity index is 1.64. The number of hydrogen-bond donors (Lipinski definition) is 2. The molecule has 4 atom stereocenters. The molecule has 1 saturated carbocycles. The molecule has 0 aromatic heterocycles. The third kappa shape index (κ3) is 2.78. The molecule has 4 unspecified atom stereocenters. The highest BCUT2D eigenvalue weighted by Crippen LogP contribution is 2.36. The topological polar surface area (TPSA) is 75.6 Å². The van der Waals surface area contributed by atoms with Crippen LogP contribution in [0.1, 0.15) is 30.9 Å². The van der Waals surface area contributed by atoms with Gasteiger partial charge in [0.25, 0.3) is 0 Å². The van der Waals surface area contributed by atoms with Crippen molar-refractivity contribution in [3.05, 3.63) is 35.9 Å². The van der Waals surface area contributed by atoms with Gasteiger partial charge in [-0.3, -0.25) is 9.59 Å².